The van der Waals surface area contributed by atoms with E-state index in [4.69, 9.17) is 11.6 Å². The SMILES string of the molecule is Cc1cc(C)c(C(=O)O)c(Nc2ccc(Cl)cc2I)n1. The molecule has 0 unspecified atom stereocenters. The molecule has 0 spiro atoms. The molecule has 4 nitrogen and oxygen atoms in total. The van der Waals surface area contributed by atoms with Gasteiger partial charge in [-0.1, -0.05) is 11.6 Å². The molecular weight excluding hydrogens is 391 g/mol. The summed E-state index contributed by atoms with van der Waals surface area (Å²) >= 11 is 8.05. The number of pyridine rings is 1. The third-order valence-electron chi connectivity index (χ3n) is 2.74. The Kier molecular flexibility index (Phi) is 4.49. The van der Waals surface area contributed by atoms with Crippen LogP contribution in [0.25, 0.3) is 0 Å². The number of halogens is 2. The number of benzene rings is 1. The monoisotopic (exact) mass is 402 g/mol. The molecule has 104 valence electrons. The van der Waals surface area contributed by atoms with Crippen molar-refractivity contribution >= 4 is 51.7 Å². The average Bonchev–Trinajstić information content (AvgIpc) is 2.31. The summed E-state index contributed by atoms with van der Waals surface area (Å²) in [6, 6.07) is 7.10. The smallest absolute Gasteiger partial charge is 0.339 e. The molecule has 0 aliphatic carbocycles. The summed E-state index contributed by atoms with van der Waals surface area (Å²) in [5.41, 5.74) is 2.40. The van der Waals surface area contributed by atoms with Gasteiger partial charge in [-0.25, -0.2) is 9.78 Å². The van der Waals surface area contributed by atoms with E-state index in [1.54, 1.807) is 31.2 Å². The first kappa shape index (κ1) is 15.1. The first-order valence-electron chi connectivity index (χ1n) is 5.82. The maximum Gasteiger partial charge on any atom is 0.339 e. The minimum absolute atomic E-state index is 0.182. The van der Waals surface area contributed by atoms with Crippen LogP contribution in [0.1, 0.15) is 21.6 Å². The van der Waals surface area contributed by atoms with E-state index >= 15 is 0 Å². The number of carboxylic acids is 1. The largest absolute Gasteiger partial charge is 0.478 e. The number of carbonyl (C=O) groups is 1. The molecule has 0 aliphatic heterocycles. The Morgan fingerprint density at radius 1 is 1.35 bits per heavy atom. The Labute approximate surface area is 135 Å². The van der Waals surface area contributed by atoms with Crippen molar-refractivity contribution < 1.29 is 9.90 Å². The van der Waals surface area contributed by atoms with E-state index in [-0.39, 0.29) is 5.56 Å². The summed E-state index contributed by atoms with van der Waals surface area (Å²) in [5, 5.41) is 13.0. The highest BCUT2D eigenvalue weighted by atomic mass is 127. The molecule has 1 aromatic heterocycles. The molecule has 0 radical (unpaired) electrons. The summed E-state index contributed by atoms with van der Waals surface area (Å²) in [6.07, 6.45) is 0. The van der Waals surface area contributed by atoms with E-state index in [1.165, 1.54) is 0 Å². The Morgan fingerprint density at radius 3 is 2.65 bits per heavy atom. The topological polar surface area (TPSA) is 62.2 Å². The van der Waals surface area contributed by atoms with E-state index in [2.05, 4.69) is 32.9 Å². The third kappa shape index (κ3) is 3.21. The van der Waals surface area contributed by atoms with Crippen molar-refractivity contribution in [1.82, 2.24) is 4.98 Å². The lowest BCUT2D eigenvalue weighted by atomic mass is 10.1. The molecule has 1 aromatic carbocycles. The van der Waals surface area contributed by atoms with E-state index in [9.17, 15) is 9.90 Å². The first-order chi connectivity index (χ1) is 9.38. The standard InChI is InChI=1S/C14H12ClIN2O2/c1-7-5-8(2)17-13(12(7)14(19)20)18-11-4-3-9(15)6-10(11)16/h3-6H,1-2H3,(H,17,18)(H,19,20). The Morgan fingerprint density at radius 2 is 2.05 bits per heavy atom. The quantitative estimate of drug-likeness (QED) is 0.747. The fourth-order valence-corrected chi connectivity index (χ4v) is 2.92. The highest BCUT2D eigenvalue weighted by molar-refractivity contribution is 14.1. The molecule has 0 saturated heterocycles. The predicted octanol–water partition coefficient (Wildman–Crippen LogP) is 4.40. The first-order valence-corrected chi connectivity index (χ1v) is 7.28. The van der Waals surface area contributed by atoms with Gasteiger partial charge in [0, 0.05) is 14.3 Å². The van der Waals surface area contributed by atoms with Crippen molar-refractivity contribution in [2.24, 2.45) is 0 Å². The van der Waals surface area contributed by atoms with Crippen LogP contribution in [0.3, 0.4) is 0 Å². The lowest BCUT2D eigenvalue weighted by Crippen LogP contribution is -2.09. The van der Waals surface area contributed by atoms with Gasteiger partial charge in [0.1, 0.15) is 11.4 Å². The van der Waals surface area contributed by atoms with Gasteiger partial charge >= 0.3 is 5.97 Å². The van der Waals surface area contributed by atoms with E-state index < -0.39 is 5.97 Å². The molecule has 0 atom stereocenters. The van der Waals surface area contributed by atoms with Gasteiger partial charge in [-0.2, -0.15) is 0 Å². The average molecular weight is 403 g/mol. The zero-order valence-electron chi connectivity index (χ0n) is 10.9. The number of aryl methyl sites for hydroxylation is 2. The highest BCUT2D eigenvalue weighted by Crippen LogP contribution is 2.27. The number of carboxylic acid groups (broad SMARTS) is 1. The van der Waals surface area contributed by atoms with Crippen molar-refractivity contribution in [2.75, 3.05) is 5.32 Å². The summed E-state index contributed by atoms with van der Waals surface area (Å²) < 4.78 is 0.896. The second-order valence-electron chi connectivity index (χ2n) is 4.36. The Balaban J connectivity index is 2.50. The van der Waals surface area contributed by atoms with Crippen LogP contribution in [0, 0.1) is 17.4 Å². The van der Waals surface area contributed by atoms with Gasteiger partial charge in [0.25, 0.3) is 0 Å². The number of aromatic nitrogens is 1. The second-order valence-corrected chi connectivity index (χ2v) is 5.96. The van der Waals surface area contributed by atoms with Crippen molar-refractivity contribution in [3.8, 4) is 0 Å². The van der Waals surface area contributed by atoms with Crippen LogP contribution in [0.5, 0.6) is 0 Å². The number of hydrogen-bond donors (Lipinski definition) is 2. The van der Waals surface area contributed by atoms with E-state index in [1.807, 2.05) is 6.92 Å². The predicted molar refractivity (Wildman–Crippen MR) is 88.1 cm³/mol. The Hall–Kier alpha value is -1.34. The molecule has 20 heavy (non-hydrogen) atoms. The molecule has 0 saturated carbocycles. The maximum atomic E-state index is 11.4. The van der Waals surface area contributed by atoms with Crippen molar-refractivity contribution in [3.63, 3.8) is 0 Å². The number of nitrogens with zero attached hydrogens (tertiary/aromatic N) is 1. The molecule has 6 heteroatoms. The molecule has 1 heterocycles. The number of aromatic carboxylic acids is 1. The number of rotatable bonds is 3. The van der Waals surface area contributed by atoms with Crippen LogP contribution in [0.4, 0.5) is 11.5 Å². The summed E-state index contributed by atoms with van der Waals surface area (Å²) in [7, 11) is 0. The van der Waals surface area contributed by atoms with Gasteiger partial charge in [-0.15, -0.1) is 0 Å². The molecule has 2 rings (SSSR count). The van der Waals surface area contributed by atoms with Crippen LogP contribution in [-0.4, -0.2) is 16.1 Å². The van der Waals surface area contributed by atoms with Gasteiger partial charge in [0.15, 0.2) is 0 Å². The van der Waals surface area contributed by atoms with Crippen molar-refractivity contribution in [2.45, 2.75) is 13.8 Å². The molecule has 0 bridgehead atoms. The molecule has 0 aliphatic rings. The highest BCUT2D eigenvalue weighted by Gasteiger charge is 2.16. The zero-order chi connectivity index (χ0) is 14.9. The minimum atomic E-state index is -0.999. The van der Waals surface area contributed by atoms with Crippen LogP contribution >= 0.6 is 34.2 Å². The van der Waals surface area contributed by atoms with Gasteiger partial charge in [-0.05, 0) is 66.3 Å². The van der Waals surface area contributed by atoms with Gasteiger partial charge in [0.05, 0.1) is 5.69 Å². The summed E-state index contributed by atoms with van der Waals surface area (Å²) in [4.78, 5) is 15.7. The van der Waals surface area contributed by atoms with Crippen molar-refractivity contribution in [1.29, 1.82) is 0 Å². The molecule has 2 N–H and O–H groups in total. The van der Waals surface area contributed by atoms with Crippen LogP contribution < -0.4 is 5.32 Å². The minimum Gasteiger partial charge on any atom is -0.478 e. The second kappa shape index (κ2) is 5.97. The fourth-order valence-electron chi connectivity index (χ4n) is 1.92. The van der Waals surface area contributed by atoms with Crippen molar-refractivity contribution in [3.05, 3.63) is 49.7 Å². The van der Waals surface area contributed by atoms with Crippen LogP contribution in [0.15, 0.2) is 24.3 Å². The molecule has 2 aromatic rings. The normalized spacial score (nSPS) is 10.4. The molecular formula is C14H12ClIN2O2. The zero-order valence-corrected chi connectivity index (χ0v) is 13.8. The van der Waals surface area contributed by atoms with Gasteiger partial charge < -0.3 is 10.4 Å². The fraction of sp³-hybridized carbons (Fsp3) is 0.143. The summed E-state index contributed by atoms with van der Waals surface area (Å²) in [5.74, 6) is -0.656. The lowest BCUT2D eigenvalue weighted by Gasteiger charge is -2.13. The van der Waals surface area contributed by atoms with Gasteiger partial charge in [0.2, 0.25) is 0 Å². The van der Waals surface area contributed by atoms with Crippen LogP contribution in [0.2, 0.25) is 5.02 Å². The van der Waals surface area contributed by atoms with E-state index in [0.29, 0.717) is 16.4 Å². The molecule has 0 fully saturated rings. The number of anilines is 2. The number of hydrogen-bond acceptors (Lipinski definition) is 3. The van der Waals surface area contributed by atoms with Gasteiger partial charge in [-0.3, -0.25) is 0 Å². The Bertz CT molecular complexity index is 689. The lowest BCUT2D eigenvalue weighted by molar-refractivity contribution is 0.0697. The number of nitrogens with one attached hydrogen (secondary N) is 1. The van der Waals surface area contributed by atoms with E-state index in [0.717, 1.165) is 15.0 Å². The maximum absolute atomic E-state index is 11.4. The summed E-state index contributed by atoms with van der Waals surface area (Å²) in [6.45, 7) is 3.59. The third-order valence-corrected chi connectivity index (χ3v) is 3.87. The van der Waals surface area contributed by atoms with Crippen LogP contribution in [-0.2, 0) is 0 Å². The molecule has 0 amide bonds.